The first-order valence-corrected chi connectivity index (χ1v) is 17.3. The minimum atomic E-state index is -4.17. The molecule has 1 N–H and O–H groups in total. The van der Waals surface area contributed by atoms with Crippen molar-refractivity contribution in [2.24, 2.45) is 10.9 Å². The third-order valence-corrected chi connectivity index (χ3v) is 9.83. The van der Waals surface area contributed by atoms with E-state index in [1.165, 1.54) is 12.1 Å². The number of methoxy groups -OCH3 is 1. The van der Waals surface area contributed by atoms with Gasteiger partial charge in [-0.15, -0.1) is 0 Å². The minimum Gasteiger partial charge on any atom is -0.475 e. The average Bonchev–Trinajstić information content (AvgIpc) is 3.20. The van der Waals surface area contributed by atoms with Crippen LogP contribution < -0.4 is 9.46 Å². The molecule has 3 aromatic rings. The minimum absolute atomic E-state index is 0.0587. The van der Waals surface area contributed by atoms with Crippen LogP contribution in [0.15, 0.2) is 70.2 Å². The molecule has 2 aromatic carbocycles. The Bertz CT molecular complexity index is 1730. The van der Waals surface area contributed by atoms with E-state index in [1.807, 2.05) is 39.0 Å². The molecule has 0 radical (unpaired) electrons. The molecule has 1 saturated heterocycles. The van der Waals surface area contributed by atoms with Gasteiger partial charge in [0.2, 0.25) is 11.8 Å². The van der Waals surface area contributed by atoms with E-state index in [2.05, 4.69) is 34.6 Å². The smallest absolute Gasteiger partial charge is 0.264 e. The molecule has 0 aliphatic carbocycles. The Balaban J connectivity index is 1.72. The summed E-state index contributed by atoms with van der Waals surface area (Å²) in [5, 5.41) is 0. The van der Waals surface area contributed by atoms with Crippen LogP contribution in [0.25, 0.3) is 11.3 Å². The topological polar surface area (TPSA) is 123 Å². The van der Waals surface area contributed by atoms with Crippen molar-refractivity contribution >= 4 is 28.1 Å². The number of fused-ring (bicyclic) bond motifs is 5. The van der Waals surface area contributed by atoms with Crippen LogP contribution in [0.1, 0.15) is 67.9 Å². The molecule has 3 atom stereocenters. The van der Waals surface area contributed by atoms with Crippen LogP contribution in [0.4, 0.5) is 5.95 Å². The quantitative estimate of drug-likeness (QED) is 0.310. The van der Waals surface area contributed by atoms with Crippen LogP contribution in [0.3, 0.4) is 0 Å². The first kappa shape index (κ1) is 33.3. The van der Waals surface area contributed by atoms with Gasteiger partial charge >= 0.3 is 0 Å². The van der Waals surface area contributed by atoms with E-state index in [0.29, 0.717) is 24.5 Å². The highest BCUT2D eigenvalue weighted by molar-refractivity contribution is 7.92. The van der Waals surface area contributed by atoms with Crippen molar-refractivity contribution in [1.82, 2.24) is 14.9 Å². The Kier molecular flexibility index (Phi) is 10.2. The summed E-state index contributed by atoms with van der Waals surface area (Å²) in [4.78, 5) is 30.2. The molecule has 46 heavy (non-hydrogen) atoms. The Hall–Kier alpha value is -4.09. The van der Waals surface area contributed by atoms with Gasteiger partial charge in [-0.2, -0.15) is 4.98 Å². The fourth-order valence-corrected chi connectivity index (χ4v) is 7.26. The lowest BCUT2D eigenvalue weighted by molar-refractivity contribution is -0.00530. The predicted octanol–water partition coefficient (Wildman–Crippen LogP) is 6.35. The first-order chi connectivity index (χ1) is 22.0. The van der Waals surface area contributed by atoms with E-state index in [0.717, 1.165) is 35.2 Å². The lowest BCUT2D eigenvalue weighted by Gasteiger charge is -2.39. The molecular formula is C35H43N5O5S. The summed E-state index contributed by atoms with van der Waals surface area (Å²) in [5.74, 6) is 0.134. The number of ether oxygens (including phenoxy) is 2. The number of anilines is 1. The van der Waals surface area contributed by atoms with Gasteiger partial charge in [0.05, 0.1) is 34.5 Å². The molecule has 4 bridgehead atoms. The third kappa shape index (κ3) is 7.15. The lowest BCUT2D eigenvalue weighted by atomic mass is 10.00. The largest absolute Gasteiger partial charge is 0.475 e. The fourth-order valence-electron chi connectivity index (χ4n) is 6.27. The number of aliphatic imine (C=N–C) groups is 1. The van der Waals surface area contributed by atoms with E-state index < -0.39 is 16.1 Å². The Labute approximate surface area is 272 Å². The highest BCUT2D eigenvalue weighted by atomic mass is 32.2. The number of aryl methyl sites for hydroxylation is 2. The number of allylic oxidation sites excluding steroid dienone is 1. The number of sulfonamides is 1. The lowest BCUT2D eigenvalue weighted by Crippen LogP contribution is -2.54. The summed E-state index contributed by atoms with van der Waals surface area (Å²) in [6, 6.07) is 12.8. The number of nitrogens with zero attached hydrogens (tertiary/aromatic N) is 4. The summed E-state index contributed by atoms with van der Waals surface area (Å²) in [5.41, 5.74) is 4.37. The monoisotopic (exact) mass is 645 g/mol. The molecule has 11 heteroatoms. The van der Waals surface area contributed by atoms with Crippen molar-refractivity contribution in [3.8, 4) is 17.1 Å². The Morgan fingerprint density at radius 1 is 1.13 bits per heavy atom. The SMILES string of the molecule is CC=N/C(=C\CC(C)C)[C@@H]1CCC[C@@H](OC)[C@@H]2COc3cc(-c4c(C)cccc4C)nc(n3)NS(=O)(=O)c3cccc(c3)C(=O)N12. The fraction of sp³-hybridized carbons (Fsp3) is 0.429. The molecule has 2 aliphatic rings. The van der Waals surface area contributed by atoms with Crippen molar-refractivity contribution in [3.05, 3.63) is 77.0 Å². The van der Waals surface area contributed by atoms with Gasteiger partial charge < -0.3 is 14.4 Å². The maximum atomic E-state index is 14.6. The van der Waals surface area contributed by atoms with Gasteiger partial charge in [-0.3, -0.25) is 9.79 Å². The number of amides is 1. The van der Waals surface area contributed by atoms with Gasteiger partial charge in [-0.25, -0.2) is 18.1 Å². The van der Waals surface area contributed by atoms with E-state index >= 15 is 0 Å². The van der Waals surface area contributed by atoms with Gasteiger partial charge in [0.15, 0.2) is 0 Å². The van der Waals surface area contributed by atoms with Crippen LogP contribution in [-0.4, -0.2) is 67.3 Å². The van der Waals surface area contributed by atoms with Crippen LogP contribution in [-0.2, 0) is 14.8 Å². The number of aromatic nitrogens is 2. The summed E-state index contributed by atoms with van der Waals surface area (Å²) >= 11 is 0. The van der Waals surface area contributed by atoms with Gasteiger partial charge in [0.25, 0.3) is 15.9 Å². The number of hydrogen-bond acceptors (Lipinski definition) is 8. The van der Waals surface area contributed by atoms with Crippen molar-refractivity contribution in [2.45, 2.75) is 83.4 Å². The molecule has 244 valence electrons. The predicted molar refractivity (Wildman–Crippen MR) is 180 cm³/mol. The second-order valence-corrected chi connectivity index (χ2v) is 14.0. The Morgan fingerprint density at radius 3 is 2.57 bits per heavy atom. The summed E-state index contributed by atoms with van der Waals surface area (Å²) in [7, 11) is -2.52. The van der Waals surface area contributed by atoms with E-state index in [9.17, 15) is 13.2 Å². The van der Waals surface area contributed by atoms with E-state index in [-0.39, 0.29) is 46.9 Å². The van der Waals surface area contributed by atoms with E-state index in [1.54, 1.807) is 36.4 Å². The third-order valence-electron chi connectivity index (χ3n) is 8.50. The van der Waals surface area contributed by atoms with Crippen molar-refractivity contribution in [3.63, 3.8) is 0 Å². The molecule has 1 amide bonds. The number of nitrogens with one attached hydrogen (secondary N) is 1. The molecule has 1 fully saturated rings. The molecule has 0 saturated carbocycles. The first-order valence-electron chi connectivity index (χ1n) is 15.8. The second kappa shape index (κ2) is 14.1. The number of carbonyl (C=O) groups is 1. The van der Waals surface area contributed by atoms with Crippen LogP contribution in [0.5, 0.6) is 5.88 Å². The van der Waals surface area contributed by atoms with Crippen LogP contribution in [0.2, 0.25) is 0 Å². The highest BCUT2D eigenvalue weighted by Crippen LogP contribution is 2.34. The number of carbonyl (C=O) groups excluding carboxylic acids is 1. The molecule has 3 heterocycles. The Morgan fingerprint density at radius 2 is 1.87 bits per heavy atom. The zero-order valence-electron chi connectivity index (χ0n) is 27.4. The van der Waals surface area contributed by atoms with Crippen molar-refractivity contribution in [2.75, 3.05) is 18.4 Å². The van der Waals surface area contributed by atoms with Gasteiger partial charge in [-0.1, -0.05) is 44.2 Å². The molecule has 5 rings (SSSR count). The number of hydrogen-bond donors (Lipinski definition) is 1. The van der Waals surface area contributed by atoms with Gasteiger partial charge in [0, 0.05) is 30.5 Å². The van der Waals surface area contributed by atoms with E-state index in [4.69, 9.17) is 14.5 Å². The summed E-state index contributed by atoms with van der Waals surface area (Å²) < 4.78 is 42.3. The van der Waals surface area contributed by atoms with Gasteiger partial charge in [0.1, 0.15) is 6.61 Å². The maximum Gasteiger partial charge on any atom is 0.264 e. The van der Waals surface area contributed by atoms with Crippen molar-refractivity contribution < 1.29 is 22.7 Å². The highest BCUT2D eigenvalue weighted by Gasteiger charge is 2.41. The molecule has 1 aromatic heterocycles. The number of rotatable bonds is 6. The summed E-state index contributed by atoms with van der Waals surface area (Å²) in [6.07, 6.45) is 6.47. The maximum absolute atomic E-state index is 14.6. The molecular weight excluding hydrogens is 602 g/mol. The summed E-state index contributed by atoms with van der Waals surface area (Å²) in [6.45, 7) is 10.2. The van der Waals surface area contributed by atoms with Crippen LogP contribution >= 0.6 is 0 Å². The van der Waals surface area contributed by atoms with Crippen molar-refractivity contribution in [1.29, 1.82) is 0 Å². The average molecular weight is 646 g/mol. The molecule has 0 spiro atoms. The number of benzene rings is 2. The molecule has 10 nitrogen and oxygen atoms in total. The van der Waals surface area contributed by atoms with Crippen LogP contribution in [0, 0.1) is 19.8 Å². The zero-order valence-corrected chi connectivity index (χ0v) is 28.2. The second-order valence-electron chi connectivity index (χ2n) is 12.3. The standard InChI is InChI=1S/C35H43N5O5S/c1-7-36-27(18-17-22(2)3)29-15-10-16-31(44-6)30-21-45-32-20-28(33-23(4)11-8-12-24(33)5)37-35(38-32)39-46(42,43)26-14-9-13-25(19-26)34(41)40(29)30/h7-9,11-14,18-20,22,29-31H,10,15-17,21H2,1-6H3,(H,37,38,39)/b27-18-,36-7?/t29-,30-,31+/m0/s1. The zero-order chi connectivity index (χ0) is 33.0. The normalized spacial score (nSPS) is 21.8. The molecule has 0 unspecified atom stereocenters. The van der Waals surface area contributed by atoms with Gasteiger partial charge in [-0.05, 0) is 81.7 Å². The molecule has 2 aliphatic heterocycles.